The number of benzene rings is 2. The Labute approximate surface area is 121 Å². The molecule has 1 aliphatic rings. The number of nitrogens with two attached hydrogens (primary N) is 1. The van der Waals surface area contributed by atoms with Gasteiger partial charge in [0.15, 0.2) is 0 Å². The Morgan fingerprint density at radius 3 is 2.85 bits per heavy atom. The lowest BCUT2D eigenvalue weighted by Gasteiger charge is -2.12. The Hall–Kier alpha value is -2.14. The van der Waals surface area contributed by atoms with E-state index in [1.807, 2.05) is 24.3 Å². The number of hydrogen-bond donors (Lipinski definition) is 3. The zero-order valence-electron chi connectivity index (χ0n) is 10.7. The zero-order valence-corrected chi connectivity index (χ0v) is 11.5. The lowest BCUT2D eigenvalue weighted by atomic mass is 10.1. The van der Waals surface area contributed by atoms with Crippen molar-refractivity contribution in [1.82, 2.24) is 0 Å². The van der Waals surface area contributed by atoms with E-state index in [1.165, 1.54) is 17.7 Å². The number of carbonyl (C=O) groups excluding carboxylic acids is 1. The number of nitrogens with one attached hydrogen (secondary N) is 1. The minimum atomic E-state index is -0.138. The van der Waals surface area contributed by atoms with Crippen molar-refractivity contribution in [2.75, 3.05) is 11.1 Å². The average Bonchev–Trinajstić information content (AvgIpc) is 2.86. The van der Waals surface area contributed by atoms with Gasteiger partial charge >= 0.3 is 0 Å². The van der Waals surface area contributed by atoms with E-state index in [-0.39, 0.29) is 16.9 Å². The summed E-state index contributed by atoms with van der Waals surface area (Å²) in [5.74, 6) is 0.0201. The first-order valence-electron chi connectivity index (χ1n) is 6.27. The van der Waals surface area contributed by atoms with Gasteiger partial charge in [0.25, 0.3) is 0 Å². The Bertz CT molecular complexity index is 648. The van der Waals surface area contributed by atoms with Crippen LogP contribution in [0.15, 0.2) is 47.4 Å². The third-order valence-electron chi connectivity index (χ3n) is 3.23. The number of phenolic OH excluding ortho intramolecular Hbond substituents is 1. The van der Waals surface area contributed by atoms with Crippen LogP contribution in [0.25, 0.3) is 0 Å². The molecule has 102 valence electrons. The Morgan fingerprint density at radius 1 is 1.30 bits per heavy atom. The predicted molar refractivity (Wildman–Crippen MR) is 80.9 cm³/mol. The van der Waals surface area contributed by atoms with Crippen LogP contribution in [0.5, 0.6) is 5.75 Å². The lowest BCUT2D eigenvalue weighted by Crippen LogP contribution is -2.25. The molecule has 1 aliphatic heterocycles. The topological polar surface area (TPSA) is 75.3 Å². The van der Waals surface area contributed by atoms with Gasteiger partial charge in [-0.2, -0.15) is 0 Å². The largest absolute Gasteiger partial charge is 0.508 e. The molecular formula is C15H14N2O2S. The minimum Gasteiger partial charge on any atom is -0.508 e. The molecule has 0 spiro atoms. The second-order valence-electron chi connectivity index (χ2n) is 4.68. The molecule has 1 heterocycles. The molecule has 1 amide bonds. The molecule has 1 atom stereocenters. The summed E-state index contributed by atoms with van der Waals surface area (Å²) in [6.07, 6.45) is 0.727. The molecule has 0 bridgehead atoms. The fraction of sp³-hybridized carbons (Fsp3) is 0.133. The number of thioether (sulfide) groups is 1. The second-order valence-corrected chi connectivity index (χ2v) is 5.92. The van der Waals surface area contributed by atoms with Gasteiger partial charge in [0, 0.05) is 11.0 Å². The van der Waals surface area contributed by atoms with Crippen molar-refractivity contribution in [3.8, 4) is 5.75 Å². The number of carbonyl (C=O) groups is 1. The van der Waals surface area contributed by atoms with Crippen molar-refractivity contribution in [3.63, 3.8) is 0 Å². The van der Waals surface area contributed by atoms with Crippen molar-refractivity contribution >= 4 is 29.0 Å². The molecule has 1 unspecified atom stereocenters. The smallest absolute Gasteiger partial charge is 0.238 e. The minimum absolute atomic E-state index is 0.0661. The van der Waals surface area contributed by atoms with Crippen LogP contribution in [-0.2, 0) is 11.2 Å². The van der Waals surface area contributed by atoms with Crippen LogP contribution in [0.1, 0.15) is 5.56 Å². The third kappa shape index (κ3) is 2.44. The zero-order chi connectivity index (χ0) is 14.1. The van der Waals surface area contributed by atoms with Crippen LogP contribution in [0.2, 0.25) is 0 Å². The normalized spacial score (nSPS) is 16.7. The number of aromatic hydroxyl groups is 1. The van der Waals surface area contributed by atoms with Gasteiger partial charge in [0.2, 0.25) is 5.91 Å². The molecule has 4 N–H and O–H groups in total. The summed E-state index contributed by atoms with van der Waals surface area (Å²) < 4.78 is 0. The summed E-state index contributed by atoms with van der Waals surface area (Å²) in [6, 6.07) is 12.6. The van der Waals surface area contributed by atoms with E-state index < -0.39 is 0 Å². The Morgan fingerprint density at radius 2 is 2.10 bits per heavy atom. The fourth-order valence-corrected chi connectivity index (χ4v) is 3.40. The molecule has 0 radical (unpaired) electrons. The number of amides is 1. The van der Waals surface area contributed by atoms with Gasteiger partial charge in [-0.3, -0.25) is 4.79 Å². The van der Waals surface area contributed by atoms with E-state index in [2.05, 4.69) is 5.32 Å². The average molecular weight is 286 g/mol. The van der Waals surface area contributed by atoms with Crippen LogP contribution in [0.3, 0.4) is 0 Å². The molecule has 4 nitrogen and oxygen atoms in total. The highest BCUT2D eigenvalue weighted by molar-refractivity contribution is 8.01. The standard InChI is InChI=1S/C15H14N2O2S/c16-11-8-10(18)5-6-12(11)17-15(19)14-7-9-3-1-2-4-13(9)20-14/h1-6,8,14,18H,7,16H2,(H,17,19). The number of nitrogen functional groups attached to an aromatic ring is 1. The van der Waals surface area contributed by atoms with Crippen molar-refractivity contribution in [1.29, 1.82) is 0 Å². The molecule has 0 fully saturated rings. The third-order valence-corrected chi connectivity index (χ3v) is 4.55. The van der Waals surface area contributed by atoms with E-state index in [1.54, 1.807) is 17.8 Å². The van der Waals surface area contributed by atoms with E-state index in [4.69, 9.17) is 5.73 Å². The molecule has 0 aliphatic carbocycles. The van der Waals surface area contributed by atoms with Gasteiger partial charge < -0.3 is 16.2 Å². The van der Waals surface area contributed by atoms with Crippen LogP contribution >= 0.6 is 11.8 Å². The summed E-state index contributed by atoms with van der Waals surface area (Å²) >= 11 is 1.57. The first kappa shape index (κ1) is 12.9. The van der Waals surface area contributed by atoms with Gasteiger partial charge in [-0.1, -0.05) is 18.2 Å². The van der Waals surface area contributed by atoms with E-state index in [9.17, 15) is 9.90 Å². The molecule has 0 saturated carbocycles. The van der Waals surface area contributed by atoms with E-state index >= 15 is 0 Å². The van der Waals surface area contributed by atoms with Crippen molar-refractivity contribution in [2.45, 2.75) is 16.6 Å². The van der Waals surface area contributed by atoms with E-state index in [0.717, 1.165) is 11.3 Å². The van der Waals surface area contributed by atoms with Crippen LogP contribution in [-0.4, -0.2) is 16.3 Å². The molecule has 5 heteroatoms. The maximum atomic E-state index is 12.3. The highest BCUT2D eigenvalue weighted by atomic mass is 32.2. The van der Waals surface area contributed by atoms with Gasteiger partial charge in [-0.15, -0.1) is 11.8 Å². The molecule has 20 heavy (non-hydrogen) atoms. The maximum absolute atomic E-state index is 12.3. The molecular weight excluding hydrogens is 272 g/mol. The number of phenols is 1. The monoisotopic (exact) mass is 286 g/mol. The van der Waals surface area contributed by atoms with E-state index in [0.29, 0.717) is 11.4 Å². The molecule has 0 aromatic heterocycles. The first-order chi connectivity index (χ1) is 9.63. The summed E-state index contributed by atoms with van der Waals surface area (Å²) in [4.78, 5) is 13.4. The van der Waals surface area contributed by atoms with Crippen LogP contribution in [0.4, 0.5) is 11.4 Å². The summed E-state index contributed by atoms with van der Waals surface area (Å²) in [6.45, 7) is 0. The van der Waals surface area contributed by atoms with Gasteiger partial charge in [-0.05, 0) is 30.2 Å². The molecule has 2 aromatic rings. The summed E-state index contributed by atoms with van der Waals surface area (Å²) in [7, 11) is 0. The maximum Gasteiger partial charge on any atom is 0.238 e. The molecule has 0 saturated heterocycles. The fourth-order valence-electron chi connectivity index (χ4n) is 2.21. The summed E-state index contributed by atoms with van der Waals surface area (Å²) in [5, 5.41) is 12.0. The lowest BCUT2D eigenvalue weighted by molar-refractivity contribution is -0.115. The van der Waals surface area contributed by atoms with Crippen molar-refractivity contribution < 1.29 is 9.90 Å². The first-order valence-corrected chi connectivity index (χ1v) is 7.15. The van der Waals surface area contributed by atoms with Crippen LogP contribution in [0, 0.1) is 0 Å². The highest BCUT2D eigenvalue weighted by Gasteiger charge is 2.28. The summed E-state index contributed by atoms with van der Waals surface area (Å²) in [5.41, 5.74) is 7.87. The van der Waals surface area contributed by atoms with Crippen molar-refractivity contribution in [3.05, 3.63) is 48.0 Å². The second kappa shape index (κ2) is 5.09. The number of hydrogen-bond acceptors (Lipinski definition) is 4. The number of fused-ring (bicyclic) bond motifs is 1. The number of rotatable bonds is 2. The van der Waals surface area contributed by atoms with Crippen LogP contribution < -0.4 is 11.1 Å². The highest BCUT2D eigenvalue weighted by Crippen LogP contribution is 2.37. The van der Waals surface area contributed by atoms with Gasteiger partial charge in [0.05, 0.1) is 16.6 Å². The predicted octanol–water partition coefficient (Wildman–Crippen LogP) is 2.63. The molecule has 3 rings (SSSR count). The van der Waals surface area contributed by atoms with Gasteiger partial charge in [0.1, 0.15) is 5.75 Å². The molecule has 2 aromatic carbocycles. The van der Waals surface area contributed by atoms with Crippen molar-refractivity contribution in [2.24, 2.45) is 0 Å². The van der Waals surface area contributed by atoms with Gasteiger partial charge in [-0.25, -0.2) is 0 Å². The Kier molecular flexibility index (Phi) is 3.28. The number of anilines is 2. The Balaban J connectivity index is 1.72. The quantitative estimate of drug-likeness (QED) is 0.586. The SMILES string of the molecule is Nc1cc(O)ccc1NC(=O)C1Cc2ccccc2S1.